The average molecular weight is 329 g/mol. The molecule has 0 saturated carbocycles. The zero-order valence-corrected chi connectivity index (χ0v) is 13.5. The molecule has 0 amide bonds. The Labute approximate surface area is 136 Å². The number of thiophene rings is 1. The SMILES string of the molecule is COc1ccc(CNc2ncnc3sc(C(=O)O)c(C)c23)cc1. The van der Waals surface area contributed by atoms with Crippen LogP contribution in [0, 0.1) is 6.92 Å². The van der Waals surface area contributed by atoms with Gasteiger partial charge in [-0.25, -0.2) is 14.8 Å². The van der Waals surface area contributed by atoms with E-state index in [1.807, 2.05) is 24.3 Å². The summed E-state index contributed by atoms with van der Waals surface area (Å²) >= 11 is 1.17. The molecule has 0 saturated heterocycles. The van der Waals surface area contributed by atoms with Crippen molar-refractivity contribution in [1.29, 1.82) is 0 Å². The Morgan fingerprint density at radius 1 is 1.30 bits per heavy atom. The number of nitrogens with one attached hydrogen (secondary N) is 1. The van der Waals surface area contributed by atoms with E-state index in [2.05, 4.69) is 15.3 Å². The molecule has 3 aromatic rings. The lowest BCUT2D eigenvalue weighted by Gasteiger charge is -2.08. The van der Waals surface area contributed by atoms with Crippen molar-refractivity contribution in [3.63, 3.8) is 0 Å². The normalized spacial score (nSPS) is 10.7. The van der Waals surface area contributed by atoms with Gasteiger partial charge in [0.05, 0.1) is 12.5 Å². The molecule has 2 heterocycles. The van der Waals surface area contributed by atoms with Crippen molar-refractivity contribution in [1.82, 2.24) is 9.97 Å². The maximum absolute atomic E-state index is 11.3. The molecule has 2 aromatic heterocycles. The second-order valence-electron chi connectivity index (χ2n) is 4.97. The van der Waals surface area contributed by atoms with Gasteiger partial charge in [0.25, 0.3) is 0 Å². The zero-order chi connectivity index (χ0) is 16.4. The largest absolute Gasteiger partial charge is 0.497 e. The van der Waals surface area contributed by atoms with E-state index < -0.39 is 5.97 Å². The highest BCUT2D eigenvalue weighted by molar-refractivity contribution is 7.20. The third-order valence-corrected chi connectivity index (χ3v) is 4.73. The second-order valence-corrected chi connectivity index (χ2v) is 5.96. The molecule has 0 fully saturated rings. The number of hydrogen-bond acceptors (Lipinski definition) is 6. The summed E-state index contributed by atoms with van der Waals surface area (Å²) in [4.78, 5) is 20.7. The molecule has 0 radical (unpaired) electrons. The minimum absolute atomic E-state index is 0.299. The van der Waals surface area contributed by atoms with Crippen LogP contribution in [0.25, 0.3) is 10.2 Å². The van der Waals surface area contributed by atoms with Crippen LogP contribution in [0.15, 0.2) is 30.6 Å². The number of carboxylic acids is 1. The zero-order valence-electron chi connectivity index (χ0n) is 12.7. The highest BCUT2D eigenvalue weighted by Gasteiger charge is 2.18. The second kappa shape index (κ2) is 6.21. The van der Waals surface area contributed by atoms with E-state index in [-0.39, 0.29) is 0 Å². The van der Waals surface area contributed by atoms with E-state index in [1.165, 1.54) is 17.7 Å². The third-order valence-electron chi connectivity index (χ3n) is 3.54. The Bertz CT molecular complexity index is 859. The van der Waals surface area contributed by atoms with Gasteiger partial charge >= 0.3 is 5.97 Å². The summed E-state index contributed by atoms with van der Waals surface area (Å²) in [6.07, 6.45) is 1.44. The summed E-state index contributed by atoms with van der Waals surface area (Å²) in [5.74, 6) is 0.511. The molecule has 0 aliphatic rings. The quantitative estimate of drug-likeness (QED) is 0.747. The number of methoxy groups -OCH3 is 1. The number of aryl methyl sites for hydroxylation is 1. The van der Waals surface area contributed by atoms with Gasteiger partial charge in [-0.15, -0.1) is 11.3 Å². The van der Waals surface area contributed by atoms with E-state index in [1.54, 1.807) is 14.0 Å². The van der Waals surface area contributed by atoms with Gasteiger partial charge in [0.2, 0.25) is 0 Å². The molecule has 1 aromatic carbocycles. The van der Waals surface area contributed by atoms with Crippen molar-refractivity contribution in [3.05, 3.63) is 46.6 Å². The summed E-state index contributed by atoms with van der Waals surface area (Å²) in [5.41, 5.74) is 1.76. The minimum atomic E-state index is -0.938. The lowest BCUT2D eigenvalue weighted by molar-refractivity contribution is 0.0701. The van der Waals surface area contributed by atoms with Crippen LogP contribution < -0.4 is 10.1 Å². The number of ether oxygens (including phenoxy) is 1. The molecule has 118 valence electrons. The Kier molecular flexibility index (Phi) is 4.12. The van der Waals surface area contributed by atoms with E-state index in [4.69, 9.17) is 4.74 Å². The molecule has 0 unspecified atom stereocenters. The lowest BCUT2D eigenvalue weighted by atomic mass is 10.2. The maximum atomic E-state index is 11.3. The first kappa shape index (κ1) is 15.2. The fourth-order valence-corrected chi connectivity index (χ4v) is 3.33. The van der Waals surface area contributed by atoms with Crippen molar-refractivity contribution in [2.45, 2.75) is 13.5 Å². The van der Waals surface area contributed by atoms with E-state index in [9.17, 15) is 9.90 Å². The Balaban J connectivity index is 1.89. The number of nitrogens with zero attached hydrogens (tertiary/aromatic N) is 2. The van der Waals surface area contributed by atoms with Crippen molar-refractivity contribution in [2.24, 2.45) is 0 Å². The molecular weight excluding hydrogens is 314 g/mol. The van der Waals surface area contributed by atoms with Crippen LogP contribution in [0.4, 0.5) is 5.82 Å². The minimum Gasteiger partial charge on any atom is -0.497 e. The summed E-state index contributed by atoms with van der Waals surface area (Å²) < 4.78 is 5.14. The van der Waals surface area contributed by atoms with Gasteiger partial charge in [0, 0.05) is 6.54 Å². The Morgan fingerprint density at radius 2 is 2.04 bits per heavy atom. The number of benzene rings is 1. The lowest BCUT2D eigenvalue weighted by Crippen LogP contribution is -2.02. The molecule has 0 atom stereocenters. The van der Waals surface area contributed by atoms with Crippen molar-refractivity contribution >= 4 is 33.3 Å². The van der Waals surface area contributed by atoms with Crippen molar-refractivity contribution in [2.75, 3.05) is 12.4 Å². The molecule has 0 bridgehead atoms. The van der Waals surface area contributed by atoms with Crippen LogP contribution in [0.3, 0.4) is 0 Å². The van der Waals surface area contributed by atoms with Crippen LogP contribution in [-0.4, -0.2) is 28.2 Å². The molecule has 6 nitrogen and oxygen atoms in total. The van der Waals surface area contributed by atoms with Gasteiger partial charge in [0.15, 0.2) is 0 Å². The topological polar surface area (TPSA) is 84.3 Å². The molecule has 0 spiro atoms. The van der Waals surface area contributed by atoms with Crippen LogP contribution in [0.1, 0.15) is 20.8 Å². The number of fused-ring (bicyclic) bond motifs is 1. The molecular formula is C16H15N3O3S. The first-order valence-corrected chi connectivity index (χ1v) is 7.76. The standard InChI is InChI=1S/C16H15N3O3S/c1-9-12-14(17-7-10-3-5-11(22-2)6-4-10)18-8-19-15(12)23-13(9)16(20)21/h3-6,8H,7H2,1-2H3,(H,20,21)(H,17,18,19). The maximum Gasteiger partial charge on any atom is 0.346 e. The average Bonchev–Trinajstić information content (AvgIpc) is 2.91. The van der Waals surface area contributed by atoms with Crippen LogP contribution >= 0.6 is 11.3 Å². The fraction of sp³-hybridized carbons (Fsp3) is 0.188. The molecule has 7 heteroatoms. The molecule has 0 aliphatic carbocycles. The Morgan fingerprint density at radius 3 is 2.70 bits per heavy atom. The number of rotatable bonds is 5. The fourth-order valence-electron chi connectivity index (χ4n) is 2.34. The first-order valence-electron chi connectivity index (χ1n) is 6.94. The molecule has 2 N–H and O–H groups in total. The van der Waals surface area contributed by atoms with Crippen LogP contribution in [0.2, 0.25) is 0 Å². The highest BCUT2D eigenvalue weighted by Crippen LogP contribution is 2.33. The molecule has 0 aliphatic heterocycles. The smallest absolute Gasteiger partial charge is 0.346 e. The van der Waals surface area contributed by atoms with Gasteiger partial charge in [-0.2, -0.15) is 0 Å². The van der Waals surface area contributed by atoms with Gasteiger partial charge < -0.3 is 15.2 Å². The highest BCUT2D eigenvalue weighted by atomic mass is 32.1. The van der Waals surface area contributed by atoms with E-state index in [0.29, 0.717) is 27.6 Å². The van der Waals surface area contributed by atoms with Gasteiger partial charge in [-0.3, -0.25) is 0 Å². The monoisotopic (exact) mass is 329 g/mol. The van der Waals surface area contributed by atoms with Gasteiger partial charge in [0.1, 0.15) is 27.6 Å². The van der Waals surface area contributed by atoms with E-state index in [0.717, 1.165) is 16.7 Å². The predicted octanol–water partition coefficient (Wildman–Crippen LogP) is 3.32. The number of hydrogen-bond donors (Lipinski definition) is 2. The number of carbonyl (C=O) groups is 1. The van der Waals surface area contributed by atoms with Gasteiger partial charge in [-0.05, 0) is 30.2 Å². The van der Waals surface area contributed by atoms with Crippen LogP contribution in [-0.2, 0) is 6.54 Å². The summed E-state index contributed by atoms with van der Waals surface area (Å²) in [6, 6.07) is 7.72. The number of anilines is 1. The van der Waals surface area contributed by atoms with Gasteiger partial charge in [-0.1, -0.05) is 12.1 Å². The van der Waals surface area contributed by atoms with E-state index >= 15 is 0 Å². The Hall–Kier alpha value is -2.67. The summed E-state index contributed by atoms with van der Waals surface area (Å²) in [6.45, 7) is 2.36. The molecule has 3 rings (SSSR count). The van der Waals surface area contributed by atoms with Crippen molar-refractivity contribution in [3.8, 4) is 5.75 Å². The van der Waals surface area contributed by atoms with Crippen LogP contribution in [0.5, 0.6) is 5.75 Å². The first-order chi connectivity index (χ1) is 11.1. The third kappa shape index (κ3) is 2.95. The molecule has 23 heavy (non-hydrogen) atoms. The number of aromatic carboxylic acids is 1. The number of carboxylic acid groups (broad SMARTS) is 1. The number of aromatic nitrogens is 2. The predicted molar refractivity (Wildman–Crippen MR) is 89.4 cm³/mol. The van der Waals surface area contributed by atoms with Crippen molar-refractivity contribution < 1.29 is 14.6 Å². The summed E-state index contributed by atoms with van der Waals surface area (Å²) in [5, 5.41) is 13.3. The summed E-state index contributed by atoms with van der Waals surface area (Å²) in [7, 11) is 1.63.